The molecule has 3 heterocycles. The van der Waals surface area contributed by atoms with Gasteiger partial charge in [0, 0.05) is 23.8 Å². The first-order chi connectivity index (χ1) is 20.8. The highest BCUT2D eigenvalue weighted by Crippen LogP contribution is 2.34. The molecule has 14 nitrogen and oxygen atoms in total. The molecule has 212 valence electrons. The van der Waals surface area contributed by atoms with Crippen LogP contribution >= 0.6 is 0 Å². The van der Waals surface area contributed by atoms with Crippen LogP contribution in [0.1, 0.15) is 5.56 Å². The van der Waals surface area contributed by atoms with Crippen molar-refractivity contribution in [2.45, 2.75) is 0 Å². The quantitative estimate of drug-likeness (QED) is 0.123. The zero-order valence-electron chi connectivity index (χ0n) is 22.1. The number of ether oxygens (including phenoxy) is 2. The zero-order valence-corrected chi connectivity index (χ0v) is 22.1. The second-order valence-electron chi connectivity index (χ2n) is 8.99. The number of benzene rings is 3. The molecule has 0 amide bonds. The van der Waals surface area contributed by atoms with E-state index in [1.165, 1.54) is 43.7 Å². The van der Waals surface area contributed by atoms with Crippen LogP contribution < -0.4 is 15.0 Å². The lowest BCUT2D eigenvalue weighted by atomic mass is 10.2. The van der Waals surface area contributed by atoms with Gasteiger partial charge in [0.2, 0.25) is 17.5 Å². The lowest BCUT2D eigenvalue weighted by molar-refractivity contribution is -0.385. The molecule has 43 heavy (non-hydrogen) atoms. The molecular formula is C29H18N6O8. The van der Waals surface area contributed by atoms with Gasteiger partial charge in [-0.05, 0) is 42.5 Å². The predicted octanol–water partition coefficient (Wildman–Crippen LogP) is 5.70. The Kier molecular flexibility index (Phi) is 6.76. The predicted molar refractivity (Wildman–Crippen MR) is 155 cm³/mol. The maximum absolute atomic E-state index is 13.5. The third-order valence-electron chi connectivity index (χ3n) is 6.36. The minimum absolute atomic E-state index is 0.0731. The molecule has 0 aliphatic rings. The summed E-state index contributed by atoms with van der Waals surface area (Å²) in [5.41, 5.74) is 0.0565. The highest BCUT2D eigenvalue weighted by Gasteiger charge is 2.20. The Morgan fingerprint density at radius 3 is 2.51 bits per heavy atom. The number of pyridine rings is 1. The van der Waals surface area contributed by atoms with Crippen molar-refractivity contribution in [2.24, 2.45) is 5.10 Å². The Bertz CT molecular complexity index is 2140. The van der Waals surface area contributed by atoms with Crippen LogP contribution in [0.2, 0.25) is 0 Å². The first kappa shape index (κ1) is 26.8. The van der Waals surface area contributed by atoms with Crippen molar-refractivity contribution in [3.05, 3.63) is 121 Å². The highest BCUT2D eigenvalue weighted by molar-refractivity contribution is 5.89. The number of nitrogens with zero attached hydrogens (tertiary/aromatic N) is 6. The molecule has 6 aromatic rings. The summed E-state index contributed by atoms with van der Waals surface area (Å²) in [6, 6.07) is 20.2. The molecule has 0 fully saturated rings. The molecule has 3 aromatic heterocycles. The first-order valence-electron chi connectivity index (χ1n) is 12.5. The van der Waals surface area contributed by atoms with E-state index in [9.17, 15) is 25.0 Å². The number of nitro benzene ring substituents is 1. The molecular weight excluding hydrogens is 560 g/mol. The number of nitro groups is 2. The SMILES string of the molecule is COc1cccc2oc(-c3nc4ccccc4c(=O)n3N=Cc3ccc(Oc4ccc([N+](=O)[O-])cn4)c([N+](=O)[O-])c3)cc12. The number of aromatic nitrogens is 3. The molecule has 0 saturated heterocycles. The summed E-state index contributed by atoms with van der Waals surface area (Å²) in [5.74, 6) is 0.715. The van der Waals surface area contributed by atoms with Crippen LogP contribution in [0.4, 0.5) is 11.4 Å². The first-order valence-corrected chi connectivity index (χ1v) is 12.5. The van der Waals surface area contributed by atoms with Gasteiger partial charge in [0.05, 0.1) is 39.5 Å². The van der Waals surface area contributed by atoms with Crippen molar-refractivity contribution >= 4 is 39.5 Å². The molecule has 6 rings (SSSR count). The number of furan rings is 1. The van der Waals surface area contributed by atoms with Gasteiger partial charge in [-0.1, -0.05) is 18.2 Å². The average molecular weight is 578 g/mol. The Labute approximate surface area is 240 Å². The summed E-state index contributed by atoms with van der Waals surface area (Å²) < 4.78 is 18.0. The second-order valence-corrected chi connectivity index (χ2v) is 8.99. The standard InChI is InChI=1S/C29H18N6O8/c1-41-23-7-4-8-24-20(23)14-26(42-24)28-32-21-6-3-2-5-19(21)29(36)33(28)31-15-17-9-11-25(22(13-17)35(39)40)43-27-12-10-18(16-30-27)34(37)38/h2-16H,1H3. The van der Waals surface area contributed by atoms with Crippen LogP contribution in [0.5, 0.6) is 17.4 Å². The van der Waals surface area contributed by atoms with Crippen LogP contribution in [-0.2, 0) is 0 Å². The van der Waals surface area contributed by atoms with Crippen LogP contribution in [0.15, 0.2) is 99.4 Å². The Morgan fingerprint density at radius 2 is 1.77 bits per heavy atom. The minimum atomic E-state index is -0.658. The van der Waals surface area contributed by atoms with Crippen LogP contribution in [0.3, 0.4) is 0 Å². The highest BCUT2D eigenvalue weighted by atomic mass is 16.6. The van der Waals surface area contributed by atoms with E-state index in [1.807, 2.05) is 0 Å². The van der Waals surface area contributed by atoms with Gasteiger partial charge in [0.15, 0.2) is 5.76 Å². The van der Waals surface area contributed by atoms with E-state index in [4.69, 9.17) is 13.9 Å². The normalized spacial score (nSPS) is 11.3. The monoisotopic (exact) mass is 578 g/mol. The lowest BCUT2D eigenvalue weighted by Crippen LogP contribution is -2.20. The van der Waals surface area contributed by atoms with Gasteiger partial charge < -0.3 is 13.9 Å². The maximum Gasteiger partial charge on any atom is 0.312 e. The van der Waals surface area contributed by atoms with E-state index in [-0.39, 0.29) is 34.5 Å². The molecule has 0 bridgehead atoms. The zero-order chi connectivity index (χ0) is 30.1. The van der Waals surface area contributed by atoms with E-state index in [2.05, 4.69) is 15.1 Å². The molecule has 14 heteroatoms. The van der Waals surface area contributed by atoms with Crippen molar-refractivity contribution in [1.29, 1.82) is 0 Å². The summed E-state index contributed by atoms with van der Waals surface area (Å²) in [5, 5.41) is 28.0. The summed E-state index contributed by atoms with van der Waals surface area (Å²) in [6.07, 6.45) is 2.25. The fraction of sp³-hybridized carbons (Fsp3) is 0.0345. The third-order valence-corrected chi connectivity index (χ3v) is 6.36. The molecule has 0 aliphatic carbocycles. The maximum atomic E-state index is 13.5. The largest absolute Gasteiger partial charge is 0.496 e. The van der Waals surface area contributed by atoms with Gasteiger partial charge >= 0.3 is 5.69 Å². The topological polar surface area (TPSA) is 178 Å². The van der Waals surface area contributed by atoms with Gasteiger partial charge in [-0.3, -0.25) is 25.0 Å². The molecule has 0 unspecified atom stereocenters. The molecule has 0 N–H and O–H groups in total. The van der Waals surface area contributed by atoms with E-state index in [1.54, 1.807) is 48.5 Å². The molecule has 0 aliphatic heterocycles. The molecule has 0 saturated carbocycles. The minimum Gasteiger partial charge on any atom is -0.496 e. The van der Waals surface area contributed by atoms with Crippen molar-refractivity contribution in [3.63, 3.8) is 0 Å². The Balaban J connectivity index is 1.41. The number of para-hydroxylation sites is 1. The summed E-state index contributed by atoms with van der Waals surface area (Å²) >= 11 is 0. The molecule has 0 radical (unpaired) electrons. The summed E-state index contributed by atoms with van der Waals surface area (Å²) in [4.78, 5) is 43.4. The van der Waals surface area contributed by atoms with Gasteiger partial charge in [-0.25, -0.2) is 9.97 Å². The molecule has 0 atom stereocenters. The Hall–Kier alpha value is -6.44. The third kappa shape index (κ3) is 5.11. The van der Waals surface area contributed by atoms with Gasteiger partial charge in [-0.15, -0.1) is 0 Å². The van der Waals surface area contributed by atoms with E-state index in [0.717, 1.165) is 10.9 Å². The van der Waals surface area contributed by atoms with Crippen molar-refractivity contribution in [3.8, 4) is 29.0 Å². The van der Waals surface area contributed by atoms with Crippen molar-refractivity contribution in [1.82, 2.24) is 14.6 Å². The average Bonchev–Trinajstić information content (AvgIpc) is 3.46. The molecule has 0 spiro atoms. The fourth-order valence-electron chi connectivity index (χ4n) is 4.33. The summed E-state index contributed by atoms with van der Waals surface area (Å²) in [7, 11) is 1.54. The van der Waals surface area contributed by atoms with Crippen molar-refractivity contribution in [2.75, 3.05) is 7.11 Å². The van der Waals surface area contributed by atoms with Gasteiger partial charge in [-0.2, -0.15) is 9.78 Å². The Morgan fingerprint density at radius 1 is 0.930 bits per heavy atom. The number of methoxy groups -OCH3 is 1. The lowest BCUT2D eigenvalue weighted by Gasteiger charge is -2.08. The van der Waals surface area contributed by atoms with Crippen LogP contribution in [0, 0.1) is 20.2 Å². The fourth-order valence-corrected chi connectivity index (χ4v) is 4.33. The van der Waals surface area contributed by atoms with Crippen molar-refractivity contribution < 1.29 is 23.7 Å². The number of fused-ring (bicyclic) bond motifs is 2. The number of hydrogen-bond donors (Lipinski definition) is 0. The van der Waals surface area contributed by atoms with Gasteiger partial charge in [0.1, 0.15) is 17.5 Å². The smallest absolute Gasteiger partial charge is 0.312 e. The number of rotatable bonds is 8. The van der Waals surface area contributed by atoms with E-state index >= 15 is 0 Å². The second kappa shape index (κ2) is 10.9. The number of hydrogen-bond acceptors (Lipinski definition) is 11. The molecule has 3 aromatic carbocycles. The van der Waals surface area contributed by atoms with Gasteiger partial charge in [0.25, 0.3) is 11.2 Å². The van der Waals surface area contributed by atoms with Crippen LogP contribution in [-0.4, -0.2) is 37.8 Å². The van der Waals surface area contributed by atoms with Crippen LogP contribution in [0.25, 0.3) is 33.5 Å². The van der Waals surface area contributed by atoms with E-state index < -0.39 is 21.1 Å². The van der Waals surface area contributed by atoms with E-state index in [0.29, 0.717) is 27.6 Å². The summed E-state index contributed by atoms with van der Waals surface area (Å²) in [6.45, 7) is 0.